The van der Waals surface area contributed by atoms with E-state index in [-0.39, 0.29) is 5.75 Å². The van der Waals surface area contributed by atoms with E-state index in [0.29, 0.717) is 11.1 Å². The quantitative estimate of drug-likeness (QED) is 0.503. The molecule has 0 heterocycles. The van der Waals surface area contributed by atoms with Crippen molar-refractivity contribution in [2.45, 2.75) is 0 Å². The molecule has 0 amide bonds. The van der Waals surface area contributed by atoms with Crippen LogP contribution in [-0.4, -0.2) is 24.4 Å². The van der Waals surface area contributed by atoms with Crippen LogP contribution in [0.3, 0.4) is 0 Å². The molecule has 102 valence electrons. The van der Waals surface area contributed by atoms with Crippen molar-refractivity contribution in [3.63, 3.8) is 0 Å². The number of ether oxygens (including phenoxy) is 1. The summed E-state index contributed by atoms with van der Waals surface area (Å²) in [4.78, 5) is 15.7. The van der Waals surface area contributed by atoms with E-state index >= 15 is 0 Å². The zero-order chi connectivity index (χ0) is 14.5. The van der Waals surface area contributed by atoms with E-state index in [1.54, 1.807) is 0 Å². The summed E-state index contributed by atoms with van der Waals surface area (Å²) in [7, 11) is 1.31. The van der Waals surface area contributed by atoms with E-state index in [4.69, 9.17) is 0 Å². The van der Waals surface area contributed by atoms with Gasteiger partial charge in [-0.1, -0.05) is 0 Å². The number of nitrogens with zero attached hydrogens (tertiary/aromatic N) is 1. The Labute approximate surface area is 130 Å². The Morgan fingerprint density at radius 2 is 1.95 bits per heavy atom. The van der Waals surface area contributed by atoms with Crippen molar-refractivity contribution in [3.05, 3.63) is 57.2 Å². The van der Waals surface area contributed by atoms with Crippen LogP contribution < -0.4 is 0 Å². The molecule has 2 aromatic carbocycles. The summed E-state index contributed by atoms with van der Waals surface area (Å²) in [6, 6.07) is 12.1. The Balaban J connectivity index is 2.28. The third kappa shape index (κ3) is 3.57. The van der Waals surface area contributed by atoms with Gasteiger partial charge in [-0.25, -0.2) is 4.79 Å². The fourth-order valence-corrected chi connectivity index (χ4v) is 1.93. The highest BCUT2D eigenvalue weighted by Gasteiger charge is 2.08. The Kier molecular flexibility index (Phi) is 4.73. The van der Waals surface area contributed by atoms with Crippen molar-refractivity contribution >= 4 is 40.5 Å². The molecule has 0 atom stereocenters. The molecule has 5 heteroatoms. The summed E-state index contributed by atoms with van der Waals surface area (Å²) >= 11 is 2.21. The number of phenols is 1. The van der Waals surface area contributed by atoms with Gasteiger partial charge >= 0.3 is 5.97 Å². The fraction of sp³-hybridized carbons (Fsp3) is 0.0667. The maximum atomic E-state index is 11.4. The Bertz CT molecular complexity index is 651. The molecule has 20 heavy (non-hydrogen) atoms. The van der Waals surface area contributed by atoms with Gasteiger partial charge in [-0.2, -0.15) is 0 Å². The predicted octanol–water partition coefficient (Wildman–Crippen LogP) is 3.53. The number of carbonyl (C=O) groups is 1. The highest BCUT2D eigenvalue weighted by Crippen LogP contribution is 2.19. The number of carbonyl (C=O) groups excluding carboxylic acids is 1. The first kappa shape index (κ1) is 14.5. The number of benzene rings is 2. The second-order valence-electron chi connectivity index (χ2n) is 4.00. The Morgan fingerprint density at radius 3 is 2.60 bits per heavy atom. The van der Waals surface area contributed by atoms with Crippen LogP contribution in [-0.2, 0) is 4.74 Å². The monoisotopic (exact) mass is 381 g/mol. The van der Waals surface area contributed by atoms with Gasteiger partial charge in [0.1, 0.15) is 5.75 Å². The number of halogens is 1. The van der Waals surface area contributed by atoms with Crippen LogP contribution in [0, 0.1) is 3.57 Å². The van der Waals surface area contributed by atoms with Crippen molar-refractivity contribution in [3.8, 4) is 5.75 Å². The molecule has 0 aliphatic heterocycles. The minimum absolute atomic E-state index is 0.0620. The smallest absolute Gasteiger partial charge is 0.337 e. The number of aromatic hydroxyl groups is 1. The SMILES string of the molecule is COC(=O)c1ccc(O)c(C=Nc2ccc(I)cc2)c1. The first-order chi connectivity index (χ1) is 9.60. The second-order valence-corrected chi connectivity index (χ2v) is 5.25. The van der Waals surface area contributed by atoms with Gasteiger partial charge in [-0.15, -0.1) is 0 Å². The van der Waals surface area contributed by atoms with Gasteiger partial charge < -0.3 is 9.84 Å². The molecule has 0 bridgehead atoms. The normalized spacial score (nSPS) is 10.7. The van der Waals surface area contributed by atoms with Crippen molar-refractivity contribution < 1.29 is 14.6 Å². The number of aliphatic imine (C=N–C) groups is 1. The minimum atomic E-state index is -0.450. The third-order valence-corrected chi connectivity index (χ3v) is 3.35. The van der Waals surface area contributed by atoms with Crippen LogP contribution in [0.25, 0.3) is 0 Å². The standard InChI is InChI=1S/C15H12INO3/c1-20-15(19)10-2-7-14(18)11(8-10)9-17-13-5-3-12(16)4-6-13/h2-9,18H,1H3. The van der Waals surface area contributed by atoms with Crippen LogP contribution in [0.1, 0.15) is 15.9 Å². The minimum Gasteiger partial charge on any atom is -0.507 e. The number of rotatable bonds is 3. The van der Waals surface area contributed by atoms with Crippen molar-refractivity contribution in [2.75, 3.05) is 7.11 Å². The van der Waals surface area contributed by atoms with Crippen molar-refractivity contribution in [1.29, 1.82) is 0 Å². The molecular formula is C15H12INO3. The van der Waals surface area contributed by atoms with Gasteiger partial charge in [-0.05, 0) is 65.1 Å². The summed E-state index contributed by atoms with van der Waals surface area (Å²) in [6.07, 6.45) is 1.52. The largest absolute Gasteiger partial charge is 0.507 e. The van der Waals surface area contributed by atoms with Gasteiger partial charge in [-0.3, -0.25) is 4.99 Å². The number of hydrogen-bond acceptors (Lipinski definition) is 4. The molecule has 2 rings (SSSR count). The topological polar surface area (TPSA) is 58.9 Å². The first-order valence-electron chi connectivity index (χ1n) is 5.81. The Hall–Kier alpha value is -1.89. The lowest BCUT2D eigenvalue weighted by Crippen LogP contribution is -2.01. The zero-order valence-corrected chi connectivity index (χ0v) is 12.9. The fourth-order valence-electron chi connectivity index (χ4n) is 1.57. The van der Waals surface area contributed by atoms with Gasteiger partial charge in [0.2, 0.25) is 0 Å². The highest BCUT2D eigenvalue weighted by atomic mass is 127. The number of methoxy groups -OCH3 is 1. The number of hydrogen-bond donors (Lipinski definition) is 1. The average molecular weight is 381 g/mol. The van der Waals surface area contributed by atoms with Crippen molar-refractivity contribution in [2.24, 2.45) is 4.99 Å². The van der Waals surface area contributed by atoms with E-state index in [1.165, 1.54) is 31.5 Å². The lowest BCUT2D eigenvalue weighted by Gasteiger charge is -2.03. The van der Waals surface area contributed by atoms with Crippen LogP contribution >= 0.6 is 22.6 Å². The molecule has 0 saturated heterocycles. The molecule has 0 spiro atoms. The maximum Gasteiger partial charge on any atom is 0.337 e. The van der Waals surface area contributed by atoms with Gasteiger partial charge in [0.15, 0.2) is 0 Å². The van der Waals surface area contributed by atoms with Gasteiger partial charge in [0, 0.05) is 15.3 Å². The van der Waals surface area contributed by atoms with E-state index in [2.05, 4.69) is 32.3 Å². The summed E-state index contributed by atoms with van der Waals surface area (Å²) in [5, 5.41) is 9.77. The van der Waals surface area contributed by atoms with E-state index in [9.17, 15) is 9.90 Å². The molecule has 0 saturated carbocycles. The van der Waals surface area contributed by atoms with Crippen LogP contribution in [0.2, 0.25) is 0 Å². The average Bonchev–Trinajstić information content (AvgIpc) is 2.47. The van der Waals surface area contributed by atoms with E-state index in [0.717, 1.165) is 9.26 Å². The second kappa shape index (κ2) is 6.51. The molecule has 0 fully saturated rings. The van der Waals surface area contributed by atoms with E-state index < -0.39 is 5.97 Å². The summed E-state index contributed by atoms with van der Waals surface area (Å²) in [6.45, 7) is 0. The van der Waals surface area contributed by atoms with Crippen LogP contribution in [0.4, 0.5) is 5.69 Å². The number of phenolic OH excluding ortho intramolecular Hbond substituents is 1. The van der Waals surface area contributed by atoms with Crippen molar-refractivity contribution in [1.82, 2.24) is 0 Å². The highest BCUT2D eigenvalue weighted by molar-refractivity contribution is 14.1. The molecule has 0 aliphatic carbocycles. The molecule has 4 nitrogen and oxygen atoms in total. The molecule has 0 aromatic heterocycles. The molecule has 0 radical (unpaired) electrons. The summed E-state index contributed by atoms with van der Waals surface area (Å²) in [5.74, 6) is -0.388. The number of esters is 1. The third-order valence-electron chi connectivity index (χ3n) is 2.63. The van der Waals surface area contributed by atoms with E-state index in [1.807, 2.05) is 24.3 Å². The van der Waals surface area contributed by atoms with Gasteiger partial charge in [0.05, 0.1) is 18.4 Å². The summed E-state index contributed by atoms with van der Waals surface area (Å²) < 4.78 is 5.76. The van der Waals surface area contributed by atoms with Crippen LogP contribution in [0.5, 0.6) is 5.75 Å². The Morgan fingerprint density at radius 1 is 1.25 bits per heavy atom. The summed E-state index contributed by atoms with van der Waals surface area (Å²) in [5.41, 5.74) is 1.61. The van der Waals surface area contributed by atoms with Crippen LogP contribution in [0.15, 0.2) is 47.5 Å². The predicted molar refractivity (Wildman–Crippen MR) is 85.9 cm³/mol. The maximum absolute atomic E-state index is 11.4. The lowest BCUT2D eigenvalue weighted by molar-refractivity contribution is 0.0600. The van der Waals surface area contributed by atoms with Gasteiger partial charge in [0.25, 0.3) is 0 Å². The molecular weight excluding hydrogens is 369 g/mol. The lowest BCUT2D eigenvalue weighted by atomic mass is 10.1. The molecule has 1 N–H and O–H groups in total. The molecule has 0 aliphatic rings. The molecule has 0 unspecified atom stereocenters. The first-order valence-corrected chi connectivity index (χ1v) is 6.89. The zero-order valence-electron chi connectivity index (χ0n) is 10.7. The molecule has 2 aromatic rings.